The second-order valence-electron chi connectivity index (χ2n) is 14.1. The van der Waals surface area contributed by atoms with Gasteiger partial charge in [-0.15, -0.1) is 11.8 Å². The van der Waals surface area contributed by atoms with Crippen molar-refractivity contribution in [2.45, 2.75) is 114 Å². The van der Waals surface area contributed by atoms with Crippen LogP contribution in [0.4, 0.5) is 0 Å². The van der Waals surface area contributed by atoms with E-state index in [-0.39, 0.29) is 29.8 Å². The fourth-order valence-electron chi connectivity index (χ4n) is 7.72. The number of aliphatic hydroxyl groups is 1. The number of hydrogen-bond donors (Lipinski definition) is 1. The number of ether oxygens (including phenoxy) is 1. The molecule has 2 amide bonds. The molecule has 2 saturated heterocycles. The molecule has 1 N–H and O–H groups in total. The van der Waals surface area contributed by atoms with Crippen molar-refractivity contribution in [1.82, 2.24) is 9.80 Å². The first-order chi connectivity index (χ1) is 18.8. The maximum absolute atomic E-state index is 14.7. The van der Waals surface area contributed by atoms with Crippen molar-refractivity contribution in [3.05, 3.63) is 24.3 Å². The van der Waals surface area contributed by atoms with Gasteiger partial charge in [0.25, 0.3) is 0 Å². The molecule has 4 aliphatic heterocycles. The van der Waals surface area contributed by atoms with E-state index in [4.69, 9.17) is 4.74 Å². The van der Waals surface area contributed by atoms with Crippen molar-refractivity contribution in [2.75, 3.05) is 26.3 Å². The minimum Gasteiger partial charge on any atom is -0.465 e. The van der Waals surface area contributed by atoms with Gasteiger partial charge in [0.05, 0.1) is 23.2 Å². The Labute approximate surface area is 245 Å². The van der Waals surface area contributed by atoms with Crippen molar-refractivity contribution < 1.29 is 24.2 Å². The van der Waals surface area contributed by atoms with E-state index in [0.717, 1.165) is 51.4 Å². The number of carbonyl (C=O) groups excluding carboxylic acids is 3. The average Bonchev–Trinajstić information content (AvgIpc) is 3.16. The summed E-state index contributed by atoms with van der Waals surface area (Å²) in [5, 5.41) is 9.20. The highest BCUT2D eigenvalue weighted by Gasteiger charge is 2.74. The van der Waals surface area contributed by atoms with Gasteiger partial charge in [-0.25, -0.2) is 0 Å². The Balaban J connectivity index is 1.78. The highest BCUT2D eigenvalue weighted by molar-refractivity contribution is 8.02. The van der Waals surface area contributed by atoms with Crippen LogP contribution in [0.15, 0.2) is 24.3 Å². The van der Waals surface area contributed by atoms with Gasteiger partial charge in [0.2, 0.25) is 11.8 Å². The Morgan fingerprint density at radius 3 is 2.40 bits per heavy atom. The lowest BCUT2D eigenvalue weighted by molar-refractivity contribution is -0.154. The Kier molecular flexibility index (Phi) is 9.21. The van der Waals surface area contributed by atoms with Crippen molar-refractivity contribution >= 4 is 29.5 Å². The van der Waals surface area contributed by atoms with Crippen LogP contribution in [-0.4, -0.2) is 80.1 Å². The normalized spacial score (nSPS) is 33.8. The molecular weight excluding hydrogens is 524 g/mol. The number of thioether (sulfide) groups is 1. The minimum absolute atomic E-state index is 0.0184. The fraction of sp³-hybridized carbons (Fsp3) is 0.781. The maximum atomic E-state index is 14.7. The number of rotatable bonds is 8. The third-order valence-electron chi connectivity index (χ3n) is 9.00. The zero-order valence-electron chi connectivity index (χ0n) is 25.4. The first-order valence-electron chi connectivity index (χ1n) is 15.2. The zero-order chi connectivity index (χ0) is 29.3. The maximum Gasteiger partial charge on any atom is 0.311 e. The van der Waals surface area contributed by atoms with Gasteiger partial charge < -0.3 is 19.6 Å². The predicted octanol–water partition coefficient (Wildman–Crippen LogP) is 5.12. The summed E-state index contributed by atoms with van der Waals surface area (Å²) in [7, 11) is 0. The lowest BCUT2D eigenvalue weighted by Gasteiger charge is -2.44. The summed E-state index contributed by atoms with van der Waals surface area (Å²) >= 11 is 1.62. The van der Waals surface area contributed by atoms with E-state index in [0.29, 0.717) is 19.7 Å². The van der Waals surface area contributed by atoms with Crippen molar-refractivity contribution in [1.29, 1.82) is 0 Å². The van der Waals surface area contributed by atoms with Crippen molar-refractivity contribution in [3.63, 3.8) is 0 Å². The van der Waals surface area contributed by atoms with Gasteiger partial charge in [0.15, 0.2) is 0 Å². The summed E-state index contributed by atoms with van der Waals surface area (Å²) in [5.74, 6) is -1.78. The standard InChI is InChI=1S/C32H50N2O5S/c1-29(2,3)22-30(4,5)34-19-15-17-32-23(24-28(38)39-21-14-10-7-11-16-31(24,6)40-32)26(36)33(25(32)27(34)37)18-12-8-9-13-20-35/h11,15-17,23-25,35H,7-10,12-14,18-22H2,1-6H3/b16-11-/t23-,24+,25?,31-,32-/m0/s1. The SMILES string of the molecule is CC(C)(C)CC(C)(C)N1CC=C[C@]23S[C@@]4(C)/C=C\CCCCOC(=O)[C@H]4[C@H]2C(=O)N(CCCCCCO)C3C1=O. The number of hydrogen-bond acceptors (Lipinski definition) is 6. The minimum atomic E-state index is -0.845. The van der Waals surface area contributed by atoms with E-state index < -0.39 is 32.9 Å². The Morgan fingerprint density at radius 2 is 1.70 bits per heavy atom. The lowest BCUT2D eigenvalue weighted by Crippen LogP contribution is -2.58. The van der Waals surface area contributed by atoms with Crippen LogP contribution in [0.2, 0.25) is 0 Å². The number of likely N-dealkylation sites (tertiary alicyclic amines) is 1. The summed E-state index contributed by atoms with van der Waals surface area (Å²) in [5.41, 5.74) is -0.396. The molecule has 5 atom stereocenters. The molecule has 4 heterocycles. The van der Waals surface area contributed by atoms with Crippen LogP contribution in [0.25, 0.3) is 0 Å². The molecule has 4 rings (SSSR count). The molecule has 0 aromatic rings. The molecule has 8 heteroatoms. The van der Waals surface area contributed by atoms with E-state index in [2.05, 4.69) is 58.9 Å². The van der Waals surface area contributed by atoms with Gasteiger partial charge in [0.1, 0.15) is 6.04 Å². The van der Waals surface area contributed by atoms with E-state index in [9.17, 15) is 19.5 Å². The average molecular weight is 575 g/mol. The van der Waals surface area contributed by atoms with E-state index in [1.807, 2.05) is 11.8 Å². The predicted molar refractivity (Wildman–Crippen MR) is 160 cm³/mol. The van der Waals surface area contributed by atoms with Gasteiger partial charge in [0, 0.05) is 30.0 Å². The molecule has 4 aliphatic rings. The first-order valence-corrected chi connectivity index (χ1v) is 16.0. The quantitative estimate of drug-likeness (QED) is 0.246. The molecule has 40 heavy (non-hydrogen) atoms. The van der Waals surface area contributed by atoms with Gasteiger partial charge in [-0.3, -0.25) is 14.4 Å². The van der Waals surface area contributed by atoms with Crippen LogP contribution < -0.4 is 0 Å². The van der Waals surface area contributed by atoms with Crippen LogP contribution in [0.3, 0.4) is 0 Å². The molecule has 0 bridgehead atoms. The molecule has 0 aromatic carbocycles. The summed E-state index contributed by atoms with van der Waals surface area (Å²) in [6, 6.07) is -0.679. The summed E-state index contributed by atoms with van der Waals surface area (Å²) in [6.45, 7) is 14.3. The number of amides is 2. The van der Waals surface area contributed by atoms with Crippen molar-refractivity contribution in [3.8, 4) is 0 Å². The highest BCUT2D eigenvalue weighted by atomic mass is 32.2. The first kappa shape index (κ1) is 31.1. The number of cyclic esters (lactones) is 1. The monoisotopic (exact) mass is 574 g/mol. The number of aliphatic hydroxyl groups excluding tert-OH is 1. The molecule has 1 unspecified atom stereocenters. The number of carbonyl (C=O) groups is 3. The highest BCUT2D eigenvalue weighted by Crippen LogP contribution is 2.65. The summed E-state index contributed by atoms with van der Waals surface area (Å²) < 4.78 is 4.28. The fourth-order valence-corrected chi connectivity index (χ4v) is 9.88. The third kappa shape index (κ3) is 5.90. The zero-order valence-corrected chi connectivity index (χ0v) is 26.2. The number of unbranched alkanes of at least 4 members (excludes halogenated alkanes) is 3. The summed E-state index contributed by atoms with van der Waals surface area (Å²) in [4.78, 5) is 46.6. The van der Waals surface area contributed by atoms with Gasteiger partial charge in [-0.2, -0.15) is 0 Å². The van der Waals surface area contributed by atoms with Crippen LogP contribution in [0.5, 0.6) is 0 Å². The molecule has 0 aliphatic carbocycles. The van der Waals surface area contributed by atoms with Gasteiger partial charge in [-0.1, -0.05) is 57.9 Å². The van der Waals surface area contributed by atoms with Crippen LogP contribution in [0.1, 0.15) is 92.9 Å². The van der Waals surface area contributed by atoms with Crippen LogP contribution >= 0.6 is 11.8 Å². The van der Waals surface area contributed by atoms with E-state index in [1.54, 1.807) is 16.7 Å². The lowest BCUT2D eigenvalue weighted by atomic mass is 9.74. The molecule has 0 radical (unpaired) electrons. The number of allylic oxidation sites excluding steroid dienone is 1. The Bertz CT molecular complexity index is 1030. The topological polar surface area (TPSA) is 87.2 Å². The second kappa shape index (κ2) is 11.8. The third-order valence-corrected chi connectivity index (χ3v) is 10.8. The molecule has 0 aromatic heterocycles. The van der Waals surface area contributed by atoms with E-state index >= 15 is 0 Å². The van der Waals surface area contributed by atoms with E-state index in [1.165, 1.54) is 0 Å². The Hall–Kier alpha value is -1.80. The second-order valence-corrected chi connectivity index (χ2v) is 15.9. The number of nitrogens with zero attached hydrogens (tertiary/aromatic N) is 2. The van der Waals surface area contributed by atoms with Crippen molar-refractivity contribution in [2.24, 2.45) is 17.3 Å². The smallest absolute Gasteiger partial charge is 0.311 e. The van der Waals surface area contributed by atoms with Crippen LogP contribution in [-0.2, 0) is 19.1 Å². The Morgan fingerprint density at radius 1 is 0.975 bits per heavy atom. The van der Waals surface area contributed by atoms with Gasteiger partial charge >= 0.3 is 5.97 Å². The van der Waals surface area contributed by atoms with Gasteiger partial charge in [-0.05, 0) is 64.7 Å². The molecule has 0 saturated carbocycles. The molecule has 7 nitrogen and oxygen atoms in total. The molecule has 224 valence electrons. The molecule has 1 spiro atoms. The molecule has 2 fully saturated rings. The summed E-state index contributed by atoms with van der Waals surface area (Å²) in [6.07, 6.45) is 15.1. The van der Waals surface area contributed by atoms with Crippen LogP contribution in [0, 0.1) is 17.3 Å². The largest absolute Gasteiger partial charge is 0.465 e. The number of fused-ring (bicyclic) bond motifs is 2. The number of esters is 1. The molecular formula is C32H50N2O5S.